The highest BCUT2D eigenvalue weighted by atomic mass is 35.5. The highest BCUT2D eigenvalue weighted by Crippen LogP contribution is 2.16. The van der Waals surface area contributed by atoms with E-state index in [4.69, 9.17) is 10.5 Å². The van der Waals surface area contributed by atoms with Crippen molar-refractivity contribution in [2.45, 2.75) is 26.0 Å². The molecule has 3 N–H and O–H groups in total. The third-order valence-corrected chi connectivity index (χ3v) is 3.60. The Hall–Kier alpha value is -1.67. The van der Waals surface area contributed by atoms with Crippen molar-refractivity contribution in [1.82, 2.24) is 14.9 Å². The zero-order valence-electron chi connectivity index (χ0n) is 14.1. The number of benzene rings is 1. The Morgan fingerprint density at radius 3 is 2.68 bits per heavy atom. The average Bonchev–Trinajstić information content (AvgIpc) is 2.96. The maximum absolute atomic E-state index is 14.2. The fraction of sp³-hybridized carbons (Fsp3) is 0.375. The number of hydrogen-bond donors (Lipinski definition) is 2. The first kappa shape index (κ1) is 23.3. The predicted molar refractivity (Wildman–Crippen MR) is 99.1 cm³/mol. The van der Waals surface area contributed by atoms with E-state index >= 15 is 0 Å². The normalized spacial score (nSPS) is 11.2. The van der Waals surface area contributed by atoms with Gasteiger partial charge in [0, 0.05) is 32.6 Å². The third kappa shape index (κ3) is 6.28. The van der Waals surface area contributed by atoms with E-state index in [0.29, 0.717) is 17.1 Å². The number of aromatic nitrogens is 2. The molecule has 2 rings (SSSR count). The summed E-state index contributed by atoms with van der Waals surface area (Å²) in [5, 5.41) is 2.73. The number of nitrogens with two attached hydrogens (primary N) is 1. The predicted octanol–water partition coefficient (Wildman–Crippen LogP) is 2.14. The summed E-state index contributed by atoms with van der Waals surface area (Å²) in [5.41, 5.74) is 6.58. The van der Waals surface area contributed by atoms with Crippen LogP contribution < -0.4 is 11.1 Å². The second-order valence-electron chi connectivity index (χ2n) is 5.20. The van der Waals surface area contributed by atoms with Gasteiger partial charge < -0.3 is 20.4 Å². The first-order chi connectivity index (χ1) is 11.0. The molecule has 1 aromatic carbocycles. The zero-order chi connectivity index (χ0) is 16.8. The minimum absolute atomic E-state index is 0. The Bertz CT molecular complexity index is 678. The Kier molecular flexibility index (Phi) is 10.3. The zero-order valence-corrected chi connectivity index (χ0v) is 15.7. The molecule has 0 radical (unpaired) electrons. The van der Waals surface area contributed by atoms with Crippen LogP contribution in [0, 0.1) is 12.7 Å². The maximum atomic E-state index is 14.2. The molecule has 1 unspecified atom stereocenters. The maximum Gasteiger partial charge on any atom is 0.222 e. The van der Waals surface area contributed by atoms with Gasteiger partial charge in [0.25, 0.3) is 0 Å². The number of carbonyl (C=O) groups is 1. The molecule has 1 atom stereocenters. The minimum Gasteiger partial charge on any atom is -0.380 e. The summed E-state index contributed by atoms with van der Waals surface area (Å²) in [7, 11) is 1.51. The van der Waals surface area contributed by atoms with Crippen LogP contribution in [-0.4, -0.2) is 35.2 Å². The lowest BCUT2D eigenvalue weighted by Crippen LogP contribution is -2.31. The van der Waals surface area contributed by atoms with Gasteiger partial charge in [-0.05, 0) is 24.6 Å². The number of nitrogens with one attached hydrogen (secondary N) is 1. The molecule has 0 bridgehead atoms. The molecule has 0 aliphatic carbocycles. The number of rotatable bonds is 7. The molecule has 140 valence electrons. The van der Waals surface area contributed by atoms with Gasteiger partial charge in [-0.25, -0.2) is 9.37 Å². The van der Waals surface area contributed by atoms with Crippen LogP contribution >= 0.6 is 24.8 Å². The summed E-state index contributed by atoms with van der Waals surface area (Å²) in [5.74, 6) is 0.157. The number of aryl methyl sites for hydroxylation is 1. The standard InChI is InChI=1S/C16H21FN4O2.2ClH/c1-11-19-5-6-21(11)15-4-3-12(7-14(15)17)10-20-16(22)8-13(9-18)23-2;;/h3-7,13H,8-10,18H2,1-2H3,(H,20,22);2*1H. The molecule has 0 spiro atoms. The fourth-order valence-corrected chi connectivity index (χ4v) is 2.23. The molecule has 1 amide bonds. The average molecular weight is 393 g/mol. The Balaban J connectivity index is 0.00000288. The quantitative estimate of drug-likeness (QED) is 0.755. The van der Waals surface area contributed by atoms with Gasteiger partial charge in [-0.15, -0.1) is 24.8 Å². The van der Waals surface area contributed by atoms with Crippen molar-refractivity contribution in [3.05, 3.63) is 47.8 Å². The molecule has 25 heavy (non-hydrogen) atoms. The van der Waals surface area contributed by atoms with Crippen molar-refractivity contribution in [2.75, 3.05) is 13.7 Å². The third-order valence-electron chi connectivity index (χ3n) is 3.60. The van der Waals surface area contributed by atoms with E-state index in [9.17, 15) is 9.18 Å². The molecule has 0 aliphatic heterocycles. The number of amides is 1. The van der Waals surface area contributed by atoms with Crippen molar-refractivity contribution < 1.29 is 13.9 Å². The Morgan fingerprint density at radius 2 is 2.16 bits per heavy atom. The second-order valence-corrected chi connectivity index (χ2v) is 5.20. The molecule has 6 nitrogen and oxygen atoms in total. The van der Waals surface area contributed by atoms with Crippen LogP contribution in [0.5, 0.6) is 0 Å². The molecule has 0 aliphatic rings. The summed E-state index contributed by atoms with van der Waals surface area (Å²) in [6.07, 6.45) is 3.19. The Morgan fingerprint density at radius 1 is 1.44 bits per heavy atom. The highest BCUT2D eigenvalue weighted by Gasteiger charge is 2.12. The Labute approximate surface area is 158 Å². The summed E-state index contributed by atoms with van der Waals surface area (Å²) in [4.78, 5) is 15.9. The van der Waals surface area contributed by atoms with Crippen molar-refractivity contribution in [1.29, 1.82) is 0 Å². The number of carbonyl (C=O) groups excluding carboxylic acids is 1. The number of nitrogens with zero attached hydrogens (tertiary/aromatic N) is 2. The molecule has 0 saturated heterocycles. The number of halogens is 3. The largest absolute Gasteiger partial charge is 0.380 e. The van der Waals surface area contributed by atoms with Gasteiger partial charge in [0.05, 0.1) is 18.2 Å². The molecular formula is C16H23Cl2FN4O2. The van der Waals surface area contributed by atoms with Crippen molar-refractivity contribution in [3.8, 4) is 5.69 Å². The molecule has 1 heterocycles. The van der Waals surface area contributed by atoms with E-state index in [2.05, 4.69) is 10.3 Å². The second kappa shape index (κ2) is 11.0. The number of methoxy groups -OCH3 is 1. The van der Waals surface area contributed by atoms with Gasteiger partial charge in [0.2, 0.25) is 5.91 Å². The van der Waals surface area contributed by atoms with Crippen LogP contribution in [0.15, 0.2) is 30.6 Å². The van der Waals surface area contributed by atoms with Crippen LogP contribution in [0.1, 0.15) is 17.8 Å². The smallest absolute Gasteiger partial charge is 0.222 e. The van der Waals surface area contributed by atoms with E-state index in [-0.39, 0.29) is 62.2 Å². The lowest BCUT2D eigenvalue weighted by molar-refractivity contribution is -0.123. The van der Waals surface area contributed by atoms with Gasteiger partial charge in [-0.2, -0.15) is 0 Å². The first-order valence-corrected chi connectivity index (χ1v) is 7.33. The van der Waals surface area contributed by atoms with Gasteiger partial charge >= 0.3 is 0 Å². The first-order valence-electron chi connectivity index (χ1n) is 7.33. The number of ether oxygens (including phenoxy) is 1. The van der Waals surface area contributed by atoms with Crippen LogP contribution in [-0.2, 0) is 16.1 Å². The lowest BCUT2D eigenvalue weighted by Gasteiger charge is -2.13. The lowest BCUT2D eigenvalue weighted by atomic mass is 10.1. The van der Waals surface area contributed by atoms with Crippen molar-refractivity contribution >= 4 is 30.7 Å². The summed E-state index contributed by atoms with van der Waals surface area (Å²) < 4.78 is 21.0. The molecule has 2 aromatic rings. The topological polar surface area (TPSA) is 82.2 Å². The van der Waals surface area contributed by atoms with E-state index in [1.54, 1.807) is 36.0 Å². The minimum atomic E-state index is -0.366. The highest BCUT2D eigenvalue weighted by molar-refractivity contribution is 5.85. The molecule has 9 heteroatoms. The number of imidazole rings is 1. The van der Waals surface area contributed by atoms with Crippen LogP contribution in [0.25, 0.3) is 5.69 Å². The molecular weight excluding hydrogens is 370 g/mol. The molecule has 0 saturated carbocycles. The van der Waals surface area contributed by atoms with E-state index in [1.807, 2.05) is 0 Å². The van der Waals surface area contributed by atoms with Gasteiger partial charge in [-0.3, -0.25) is 4.79 Å². The van der Waals surface area contributed by atoms with Crippen LogP contribution in [0.4, 0.5) is 4.39 Å². The summed E-state index contributed by atoms with van der Waals surface area (Å²) >= 11 is 0. The van der Waals surface area contributed by atoms with Crippen molar-refractivity contribution in [2.24, 2.45) is 5.73 Å². The fourth-order valence-electron chi connectivity index (χ4n) is 2.23. The monoisotopic (exact) mass is 392 g/mol. The number of hydrogen-bond acceptors (Lipinski definition) is 4. The van der Waals surface area contributed by atoms with E-state index < -0.39 is 0 Å². The summed E-state index contributed by atoms with van der Waals surface area (Å²) in [6, 6.07) is 4.85. The SMILES string of the molecule is COC(CN)CC(=O)NCc1ccc(-n2ccnc2C)c(F)c1.Cl.Cl. The summed E-state index contributed by atoms with van der Waals surface area (Å²) in [6.45, 7) is 2.33. The van der Waals surface area contributed by atoms with Crippen LogP contribution in [0.2, 0.25) is 0 Å². The van der Waals surface area contributed by atoms with E-state index in [0.717, 1.165) is 0 Å². The molecule has 0 fully saturated rings. The van der Waals surface area contributed by atoms with Crippen molar-refractivity contribution in [3.63, 3.8) is 0 Å². The van der Waals surface area contributed by atoms with Crippen LogP contribution in [0.3, 0.4) is 0 Å². The van der Waals surface area contributed by atoms with Gasteiger partial charge in [0.1, 0.15) is 11.6 Å². The van der Waals surface area contributed by atoms with Gasteiger partial charge in [-0.1, -0.05) is 6.07 Å². The van der Waals surface area contributed by atoms with E-state index in [1.165, 1.54) is 13.2 Å². The molecule has 1 aromatic heterocycles. The van der Waals surface area contributed by atoms with Gasteiger partial charge in [0.15, 0.2) is 0 Å².